The summed E-state index contributed by atoms with van der Waals surface area (Å²) in [5.41, 5.74) is 26.2. The van der Waals surface area contributed by atoms with E-state index in [1.165, 1.54) is 6.92 Å². The molecule has 0 aromatic heterocycles. The number of aliphatic hydroxyl groups is 1. The minimum Gasteiger partial charge on any atom is -0.480 e. The zero-order valence-electron chi connectivity index (χ0n) is 20.5. The number of aliphatic carboxylic acids is 1. The fraction of sp³-hybridized carbons (Fsp3) is 0.650. The lowest BCUT2D eigenvalue weighted by Crippen LogP contribution is -2.58. The minimum atomic E-state index is -1.43. The Hall–Kier alpha value is -3.99. The Balaban J connectivity index is 5.61. The number of guanidine groups is 1. The smallest absolute Gasteiger partial charge is 0.326 e. The van der Waals surface area contributed by atoms with Gasteiger partial charge in [0.15, 0.2) is 5.96 Å². The van der Waals surface area contributed by atoms with Crippen molar-refractivity contribution in [2.45, 2.75) is 75.7 Å². The lowest BCUT2D eigenvalue weighted by atomic mass is 10.0. The molecule has 0 aromatic rings. The van der Waals surface area contributed by atoms with Crippen LogP contribution in [0.5, 0.6) is 0 Å². The average molecular weight is 532 g/mol. The second-order valence-corrected chi connectivity index (χ2v) is 8.25. The summed E-state index contributed by atoms with van der Waals surface area (Å²) in [6.07, 6.45) is -2.33. The van der Waals surface area contributed by atoms with Gasteiger partial charge in [-0.3, -0.25) is 29.0 Å². The molecule has 0 bridgehead atoms. The predicted octanol–water partition coefficient (Wildman–Crippen LogP) is -5.18. The van der Waals surface area contributed by atoms with Crippen molar-refractivity contribution in [3.63, 3.8) is 0 Å². The lowest BCUT2D eigenvalue weighted by Gasteiger charge is -2.25. The van der Waals surface area contributed by atoms with Crippen LogP contribution in [0.4, 0.5) is 0 Å². The maximum absolute atomic E-state index is 12.9. The van der Waals surface area contributed by atoms with Crippen LogP contribution in [-0.4, -0.2) is 88.5 Å². The Morgan fingerprint density at radius 2 is 1.19 bits per heavy atom. The molecule has 0 spiro atoms. The number of nitrogens with two attached hydrogens (primary N) is 5. The van der Waals surface area contributed by atoms with Crippen molar-refractivity contribution in [2.75, 3.05) is 6.54 Å². The van der Waals surface area contributed by atoms with Gasteiger partial charge < -0.3 is 54.8 Å². The van der Waals surface area contributed by atoms with Gasteiger partial charge in [-0.05, 0) is 32.6 Å². The Kier molecular flexibility index (Phi) is 14.8. The van der Waals surface area contributed by atoms with Crippen molar-refractivity contribution < 1.29 is 39.0 Å². The zero-order chi connectivity index (χ0) is 28.7. The molecule has 37 heavy (non-hydrogen) atoms. The first-order valence-corrected chi connectivity index (χ1v) is 11.3. The van der Waals surface area contributed by atoms with Gasteiger partial charge in [-0.25, -0.2) is 4.79 Å². The van der Waals surface area contributed by atoms with E-state index in [4.69, 9.17) is 28.7 Å². The number of hydrogen-bond donors (Lipinski definition) is 10. The number of amides is 5. The van der Waals surface area contributed by atoms with Gasteiger partial charge in [0.25, 0.3) is 0 Å². The van der Waals surface area contributed by atoms with E-state index in [0.29, 0.717) is 0 Å². The monoisotopic (exact) mass is 531 g/mol. The standard InChI is InChI=1S/C20H37N9O8/c1-9(30)15(23)18(35)28-11(5-7-14(22)32)16(33)27-10(4-6-13(21)31)17(34)29-12(19(36)37)3-2-8-26-20(24)25/h9-12,15,30H,2-8,23H2,1H3,(H2,21,31)(H2,22,32)(H,27,33)(H,28,35)(H,29,34)(H,36,37)(H4,24,25,26). The molecule has 0 fully saturated rings. The van der Waals surface area contributed by atoms with Gasteiger partial charge in [0.1, 0.15) is 24.2 Å². The topological polar surface area (TPSA) is 321 Å². The van der Waals surface area contributed by atoms with E-state index in [9.17, 15) is 39.0 Å². The molecule has 15 N–H and O–H groups in total. The summed E-state index contributed by atoms with van der Waals surface area (Å²) in [4.78, 5) is 75.8. The van der Waals surface area contributed by atoms with Crippen LogP contribution in [0.25, 0.3) is 0 Å². The van der Waals surface area contributed by atoms with Crippen LogP contribution in [-0.2, 0) is 28.8 Å². The molecule has 0 saturated heterocycles. The summed E-state index contributed by atoms with van der Waals surface area (Å²) in [5.74, 6) is -5.92. The third-order valence-electron chi connectivity index (χ3n) is 5.01. The molecule has 5 atom stereocenters. The quantitative estimate of drug-likeness (QED) is 0.0452. The number of carbonyl (C=O) groups is 6. The molecule has 5 unspecified atom stereocenters. The Morgan fingerprint density at radius 1 is 0.757 bits per heavy atom. The van der Waals surface area contributed by atoms with Gasteiger partial charge in [0.05, 0.1) is 6.10 Å². The molecule has 0 aromatic carbocycles. The van der Waals surface area contributed by atoms with Gasteiger partial charge in [-0.15, -0.1) is 0 Å². The summed E-state index contributed by atoms with van der Waals surface area (Å²) in [6.45, 7) is 1.36. The Bertz CT molecular complexity index is 861. The van der Waals surface area contributed by atoms with Crippen molar-refractivity contribution in [3.05, 3.63) is 0 Å². The second kappa shape index (κ2) is 16.6. The minimum absolute atomic E-state index is 0.0527. The van der Waals surface area contributed by atoms with E-state index in [-0.39, 0.29) is 51.0 Å². The number of nitrogens with zero attached hydrogens (tertiary/aromatic N) is 1. The molecule has 0 aliphatic rings. The molecule has 0 aliphatic carbocycles. The van der Waals surface area contributed by atoms with Gasteiger partial charge in [0.2, 0.25) is 29.5 Å². The fourth-order valence-corrected chi connectivity index (χ4v) is 2.90. The summed E-state index contributed by atoms with van der Waals surface area (Å²) in [5, 5.41) is 25.8. The first-order valence-electron chi connectivity index (χ1n) is 11.3. The summed E-state index contributed by atoms with van der Waals surface area (Å²) in [7, 11) is 0. The van der Waals surface area contributed by atoms with Crippen molar-refractivity contribution >= 4 is 41.5 Å². The van der Waals surface area contributed by atoms with Crippen molar-refractivity contribution in [1.82, 2.24) is 16.0 Å². The highest BCUT2D eigenvalue weighted by Crippen LogP contribution is 2.06. The molecular formula is C20H37N9O8. The Labute approximate surface area is 212 Å². The predicted molar refractivity (Wildman–Crippen MR) is 130 cm³/mol. The number of aliphatic imine (C=N–C) groups is 1. The third-order valence-corrected chi connectivity index (χ3v) is 5.01. The van der Waals surface area contributed by atoms with Crippen LogP contribution in [0.1, 0.15) is 45.4 Å². The molecule has 17 nitrogen and oxygen atoms in total. The summed E-state index contributed by atoms with van der Waals surface area (Å²) >= 11 is 0. The highest BCUT2D eigenvalue weighted by Gasteiger charge is 2.31. The highest BCUT2D eigenvalue weighted by atomic mass is 16.4. The number of nitrogens with one attached hydrogen (secondary N) is 3. The first-order chi connectivity index (χ1) is 17.1. The lowest BCUT2D eigenvalue weighted by molar-refractivity contribution is -0.142. The average Bonchev–Trinajstić information content (AvgIpc) is 2.79. The van der Waals surface area contributed by atoms with E-state index in [1.807, 2.05) is 0 Å². The number of aliphatic hydroxyl groups excluding tert-OH is 1. The van der Waals surface area contributed by atoms with Crippen LogP contribution in [0.15, 0.2) is 4.99 Å². The van der Waals surface area contributed by atoms with Crippen molar-refractivity contribution in [2.24, 2.45) is 33.7 Å². The number of carbonyl (C=O) groups excluding carboxylic acids is 5. The van der Waals surface area contributed by atoms with Gasteiger partial charge >= 0.3 is 5.97 Å². The van der Waals surface area contributed by atoms with Crippen molar-refractivity contribution in [3.8, 4) is 0 Å². The maximum atomic E-state index is 12.9. The third kappa shape index (κ3) is 14.2. The van der Waals surface area contributed by atoms with Gasteiger partial charge in [-0.2, -0.15) is 0 Å². The van der Waals surface area contributed by atoms with Crippen LogP contribution in [0.3, 0.4) is 0 Å². The van der Waals surface area contributed by atoms with E-state index in [1.54, 1.807) is 0 Å². The van der Waals surface area contributed by atoms with Crippen LogP contribution in [0, 0.1) is 0 Å². The summed E-state index contributed by atoms with van der Waals surface area (Å²) < 4.78 is 0. The summed E-state index contributed by atoms with van der Waals surface area (Å²) in [6, 6.07) is -5.60. The van der Waals surface area contributed by atoms with Crippen LogP contribution < -0.4 is 44.6 Å². The van der Waals surface area contributed by atoms with Gasteiger partial charge in [-0.1, -0.05) is 0 Å². The number of hydrogen-bond acceptors (Lipinski definition) is 9. The SMILES string of the molecule is CC(O)C(N)C(=O)NC(CCC(N)=O)C(=O)NC(CCC(N)=O)C(=O)NC(CCCN=C(N)N)C(=O)O. The molecule has 0 aliphatic heterocycles. The van der Waals surface area contributed by atoms with Crippen molar-refractivity contribution in [1.29, 1.82) is 0 Å². The van der Waals surface area contributed by atoms with E-state index in [0.717, 1.165) is 0 Å². The molecule has 0 rings (SSSR count). The fourth-order valence-electron chi connectivity index (χ4n) is 2.90. The molecular weight excluding hydrogens is 494 g/mol. The van der Waals surface area contributed by atoms with E-state index in [2.05, 4.69) is 20.9 Å². The molecule has 5 amide bonds. The highest BCUT2D eigenvalue weighted by molar-refractivity contribution is 5.94. The van der Waals surface area contributed by atoms with E-state index < -0.39 is 65.8 Å². The second-order valence-electron chi connectivity index (χ2n) is 8.25. The largest absolute Gasteiger partial charge is 0.480 e. The molecule has 0 radical (unpaired) electrons. The Morgan fingerprint density at radius 3 is 1.57 bits per heavy atom. The number of carboxylic acids is 1. The number of rotatable bonds is 18. The molecule has 0 saturated carbocycles. The molecule has 17 heteroatoms. The van der Waals surface area contributed by atoms with Crippen LogP contribution >= 0.6 is 0 Å². The number of carboxylic acid groups (broad SMARTS) is 1. The van der Waals surface area contributed by atoms with Gasteiger partial charge in [0, 0.05) is 19.4 Å². The first kappa shape index (κ1) is 33.0. The number of primary amides is 2. The van der Waals surface area contributed by atoms with Crippen LogP contribution in [0.2, 0.25) is 0 Å². The zero-order valence-corrected chi connectivity index (χ0v) is 20.5. The normalized spacial score (nSPS) is 14.7. The molecule has 210 valence electrons. The maximum Gasteiger partial charge on any atom is 0.326 e. The van der Waals surface area contributed by atoms with E-state index >= 15 is 0 Å². The molecule has 0 heterocycles.